The van der Waals surface area contributed by atoms with Gasteiger partial charge in [-0.3, -0.25) is 0 Å². The minimum Gasteiger partial charge on any atom is -0.0624 e. The third-order valence-corrected chi connectivity index (χ3v) is 13.7. The van der Waals surface area contributed by atoms with E-state index in [1.54, 1.807) is 11.1 Å². The zero-order chi connectivity index (χ0) is 25.0. The topological polar surface area (TPSA) is 0 Å². The maximum atomic E-state index is 2.49. The summed E-state index contributed by atoms with van der Waals surface area (Å²) in [5, 5.41) is 4.50. The first-order chi connectivity index (χ1) is 15.8. The molecule has 0 fully saturated rings. The van der Waals surface area contributed by atoms with Crippen LogP contribution in [0.1, 0.15) is 62.3 Å². The summed E-state index contributed by atoms with van der Waals surface area (Å²) in [7, 11) is -2.60. The van der Waals surface area contributed by atoms with Gasteiger partial charge >= 0.3 is 0 Å². The molecule has 0 atom stereocenters. The third-order valence-electron chi connectivity index (χ3n) is 7.75. The van der Waals surface area contributed by atoms with Crippen LogP contribution in [0.15, 0.2) is 102 Å². The quantitative estimate of drug-likeness (QED) is 0.214. The van der Waals surface area contributed by atoms with Crippen LogP contribution in [0.5, 0.6) is 0 Å². The molecule has 1 heteroatoms. The largest absolute Gasteiger partial charge is 0.162 e. The van der Waals surface area contributed by atoms with Crippen molar-refractivity contribution in [3.63, 3.8) is 0 Å². The molecule has 0 bridgehead atoms. The summed E-state index contributed by atoms with van der Waals surface area (Å²) in [4.78, 5) is 0. The van der Waals surface area contributed by atoms with E-state index in [1.807, 2.05) is 0 Å². The Bertz CT molecular complexity index is 1040. The van der Waals surface area contributed by atoms with Gasteiger partial charge in [0, 0.05) is 5.04 Å². The van der Waals surface area contributed by atoms with Gasteiger partial charge in [-0.05, 0) is 31.8 Å². The zero-order valence-electron chi connectivity index (χ0n) is 22.7. The van der Waals surface area contributed by atoms with E-state index in [9.17, 15) is 0 Å². The molecule has 0 radical (unpaired) electrons. The van der Waals surface area contributed by atoms with E-state index in [-0.39, 0.29) is 21.3 Å². The van der Waals surface area contributed by atoms with E-state index in [2.05, 4.69) is 153 Å². The number of allylic oxidation sites excluding steroid dienone is 2. The van der Waals surface area contributed by atoms with Gasteiger partial charge in [-0.2, -0.15) is 0 Å². The Morgan fingerprint density at radius 1 is 0.441 bits per heavy atom. The van der Waals surface area contributed by atoms with Gasteiger partial charge in [0.2, 0.25) is 0 Å². The van der Waals surface area contributed by atoms with E-state index in [4.69, 9.17) is 0 Å². The molecule has 0 heterocycles. The van der Waals surface area contributed by atoms with Crippen molar-refractivity contribution in [3.8, 4) is 0 Å². The van der Waals surface area contributed by atoms with Gasteiger partial charge in [0.25, 0.3) is 0 Å². The Balaban J connectivity index is 2.27. The Kier molecular flexibility index (Phi) is 5.88. The molecule has 0 aliphatic heterocycles. The van der Waals surface area contributed by atoms with Gasteiger partial charge in [-0.1, -0.05) is 164 Å². The molecule has 178 valence electrons. The lowest BCUT2D eigenvalue weighted by Gasteiger charge is -2.52. The van der Waals surface area contributed by atoms with Crippen molar-refractivity contribution in [1.29, 1.82) is 0 Å². The van der Waals surface area contributed by atoms with Crippen LogP contribution in [-0.2, 0) is 0 Å². The fraction of sp³-hybridized carbons (Fsp3) is 0.394. The number of rotatable bonds is 4. The van der Waals surface area contributed by atoms with Crippen molar-refractivity contribution < 1.29 is 0 Å². The van der Waals surface area contributed by atoms with E-state index in [1.165, 1.54) is 15.6 Å². The molecule has 1 aliphatic carbocycles. The number of benzene rings is 3. The summed E-state index contributed by atoms with van der Waals surface area (Å²) in [5.74, 6) is 0. The molecule has 0 spiro atoms. The highest BCUT2D eigenvalue weighted by Gasteiger charge is 2.76. The van der Waals surface area contributed by atoms with Gasteiger partial charge in [-0.15, -0.1) is 0 Å². The Labute approximate surface area is 209 Å². The lowest BCUT2D eigenvalue weighted by molar-refractivity contribution is 0.324. The predicted molar refractivity (Wildman–Crippen MR) is 152 cm³/mol. The second-order valence-electron chi connectivity index (χ2n) is 13.1. The second kappa shape index (κ2) is 8.09. The van der Waals surface area contributed by atoms with Crippen LogP contribution in [0.25, 0.3) is 0 Å². The monoisotopic (exact) mass is 466 g/mol. The molecule has 0 N–H and O–H groups in total. The molecule has 0 saturated heterocycles. The van der Waals surface area contributed by atoms with E-state index in [0.717, 1.165) is 0 Å². The van der Waals surface area contributed by atoms with Gasteiger partial charge in [0.15, 0.2) is 8.07 Å². The Morgan fingerprint density at radius 3 is 0.912 bits per heavy atom. The third kappa shape index (κ3) is 3.47. The van der Waals surface area contributed by atoms with Gasteiger partial charge in [-0.25, -0.2) is 0 Å². The Morgan fingerprint density at radius 2 is 0.706 bits per heavy atom. The summed E-state index contributed by atoms with van der Waals surface area (Å²) < 4.78 is 0. The highest BCUT2D eigenvalue weighted by molar-refractivity contribution is 7.15. The van der Waals surface area contributed by atoms with Crippen LogP contribution in [0.3, 0.4) is 0 Å². The molecule has 0 unspecified atom stereocenters. The molecule has 1 aliphatic rings. The predicted octanol–water partition coefficient (Wildman–Crippen LogP) is 7.35. The molecule has 0 aromatic heterocycles. The summed E-state index contributed by atoms with van der Waals surface area (Å²) in [6.07, 6.45) is 0. The molecular weight excluding hydrogens is 424 g/mol. The van der Waals surface area contributed by atoms with Crippen LogP contribution in [0.2, 0.25) is 5.04 Å². The minimum absolute atomic E-state index is 0.0133. The van der Waals surface area contributed by atoms with E-state index < -0.39 is 8.07 Å². The van der Waals surface area contributed by atoms with E-state index in [0.29, 0.717) is 0 Å². The lowest BCUT2D eigenvalue weighted by atomic mass is 9.77. The van der Waals surface area contributed by atoms with E-state index >= 15 is 0 Å². The van der Waals surface area contributed by atoms with Gasteiger partial charge in [0.1, 0.15) is 0 Å². The summed E-state index contributed by atoms with van der Waals surface area (Å²) in [6, 6.07) is 34.5. The van der Waals surface area contributed by atoms with Crippen molar-refractivity contribution in [2.24, 2.45) is 16.2 Å². The van der Waals surface area contributed by atoms with Gasteiger partial charge < -0.3 is 0 Å². The van der Waals surface area contributed by atoms with Crippen molar-refractivity contribution >= 4 is 23.6 Å². The van der Waals surface area contributed by atoms with Crippen LogP contribution < -0.4 is 15.6 Å². The first kappa shape index (κ1) is 24.7. The van der Waals surface area contributed by atoms with Crippen LogP contribution in [0, 0.1) is 16.2 Å². The first-order valence-electron chi connectivity index (χ1n) is 12.7. The molecule has 0 saturated carbocycles. The van der Waals surface area contributed by atoms with Crippen LogP contribution in [-0.4, -0.2) is 8.07 Å². The Hall–Kier alpha value is -2.38. The van der Waals surface area contributed by atoms with Crippen molar-refractivity contribution in [1.82, 2.24) is 0 Å². The van der Waals surface area contributed by atoms with Gasteiger partial charge in [0.05, 0.1) is 0 Å². The van der Waals surface area contributed by atoms with Crippen LogP contribution >= 0.6 is 0 Å². The molecule has 4 rings (SSSR count). The molecule has 0 nitrogen and oxygen atoms in total. The number of hydrogen-bond donors (Lipinski definition) is 0. The number of hydrogen-bond acceptors (Lipinski definition) is 0. The fourth-order valence-corrected chi connectivity index (χ4v) is 14.2. The normalized spacial score (nSPS) is 16.5. The minimum atomic E-state index is -2.60. The second-order valence-corrected chi connectivity index (χ2v) is 17.1. The summed E-state index contributed by atoms with van der Waals surface area (Å²) in [6.45, 7) is 22.1. The standard InChI is InChI=1S/C33H42Si/c1-30(2,3)28-29(31(4,5)6)33(28,32(7,8)9)34(25-19-13-10-14-20-25,26-21-15-11-16-22-26)27-23-17-12-18-24-27/h10-24H,1-9H3. The van der Waals surface area contributed by atoms with Crippen molar-refractivity contribution in [2.75, 3.05) is 0 Å². The summed E-state index contributed by atoms with van der Waals surface area (Å²) >= 11 is 0. The lowest BCUT2D eigenvalue weighted by Crippen LogP contribution is -2.74. The highest BCUT2D eigenvalue weighted by atomic mass is 28.3. The van der Waals surface area contributed by atoms with Crippen molar-refractivity contribution in [2.45, 2.75) is 67.4 Å². The molecule has 3 aromatic rings. The smallest absolute Gasteiger partial charge is 0.0624 e. The molecule has 34 heavy (non-hydrogen) atoms. The highest BCUT2D eigenvalue weighted by Crippen LogP contribution is 2.81. The average molecular weight is 467 g/mol. The summed E-state index contributed by atoms with van der Waals surface area (Å²) in [5.41, 5.74) is 3.59. The average Bonchev–Trinajstić information content (AvgIpc) is 3.51. The maximum Gasteiger partial charge on any atom is 0.162 e. The molecular formula is C33H42Si. The van der Waals surface area contributed by atoms with Crippen molar-refractivity contribution in [3.05, 3.63) is 102 Å². The zero-order valence-corrected chi connectivity index (χ0v) is 23.7. The fourth-order valence-electron chi connectivity index (χ4n) is 7.06. The molecule has 3 aromatic carbocycles. The van der Waals surface area contributed by atoms with Crippen LogP contribution in [0.4, 0.5) is 0 Å². The maximum absolute atomic E-state index is 2.60. The molecule has 0 amide bonds. The first-order valence-corrected chi connectivity index (χ1v) is 14.7. The SMILES string of the molecule is CC(C)(C)C1=C(C(C)(C)C)C1(C(C)(C)C)[Si](c1ccccc1)(c1ccccc1)c1ccccc1.